The van der Waals surface area contributed by atoms with E-state index in [0.29, 0.717) is 0 Å². The lowest BCUT2D eigenvalue weighted by Crippen LogP contribution is -1.95. The van der Waals surface area contributed by atoms with E-state index in [1.807, 2.05) is 12.4 Å². The highest BCUT2D eigenvalue weighted by molar-refractivity contribution is 6.30. The van der Waals surface area contributed by atoms with E-state index < -0.39 is 0 Å². The fraction of sp³-hybridized carbons (Fsp3) is 0.0270. The number of benzene rings is 5. The Balaban J connectivity index is 1.47. The summed E-state index contributed by atoms with van der Waals surface area (Å²) in [5.74, 6) is 0. The number of imidazole rings is 1. The van der Waals surface area contributed by atoms with Gasteiger partial charge >= 0.3 is 0 Å². The molecule has 4 heterocycles. The maximum Gasteiger partial charge on any atom is 0.146 e. The van der Waals surface area contributed by atoms with Gasteiger partial charge in [-0.15, -0.1) is 0 Å². The summed E-state index contributed by atoms with van der Waals surface area (Å²) >= 11 is 0. The van der Waals surface area contributed by atoms with Crippen molar-refractivity contribution in [1.82, 2.24) is 18.9 Å². The Bertz CT molecular complexity index is 2550. The molecule has 0 unspecified atom stereocenters. The van der Waals surface area contributed by atoms with Crippen LogP contribution in [0.2, 0.25) is 0 Å². The first-order valence-corrected chi connectivity index (χ1v) is 14.1. The number of aromatic nitrogens is 4. The Morgan fingerprint density at radius 3 is 2.37 bits per heavy atom. The largest absolute Gasteiger partial charge is 0.309 e. The van der Waals surface area contributed by atoms with Crippen LogP contribution in [0.4, 0.5) is 0 Å². The van der Waals surface area contributed by atoms with Crippen molar-refractivity contribution >= 4 is 60.2 Å². The van der Waals surface area contributed by atoms with Crippen LogP contribution in [-0.2, 0) is 6.42 Å². The van der Waals surface area contributed by atoms with Crippen molar-refractivity contribution in [2.24, 2.45) is 0 Å². The second kappa shape index (κ2) is 7.58. The molecule has 0 bridgehead atoms. The highest BCUT2D eigenvalue weighted by atomic mass is 15.0. The summed E-state index contributed by atoms with van der Waals surface area (Å²) in [4.78, 5) is 9.80. The molecular formula is C37H22N4. The molecule has 4 nitrogen and oxygen atoms in total. The average molecular weight is 523 g/mol. The molecule has 4 aromatic heterocycles. The summed E-state index contributed by atoms with van der Waals surface area (Å²) in [6.07, 6.45) is 4.88. The Morgan fingerprint density at radius 1 is 0.561 bits per heavy atom. The molecule has 190 valence electrons. The van der Waals surface area contributed by atoms with Gasteiger partial charge in [0, 0.05) is 45.0 Å². The van der Waals surface area contributed by atoms with E-state index in [0.717, 1.165) is 45.1 Å². The summed E-state index contributed by atoms with van der Waals surface area (Å²) in [5.41, 5.74) is 13.3. The second-order valence-corrected chi connectivity index (χ2v) is 11.1. The second-order valence-electron chi connectivity index (χ2n) is 11.1. The molecule has 0 fully saturated rings. The molecule has 0 N–H and O–H groups in total. The molecule has 0 saturated heterocycles. The van der Waals surface area contributed by atoms with Gasteiger partial charge in [-0.3, -0.25) is 9.38 Å². The minimum Gasteiger partial charge on any atom is -0.309 e. The molecule has 4 heteroatoms. The number of para-hydroxylation sites is 3. The zero-order valence-corrected chi connectivity index (χ0v) is 22.0. The predicted molar refractivity (Wildman–Crippen MR) is 168 cm³/mol. The van der Waals surface area contributed by atoms with Crippen molar-refractivity contribution < 1.29 is 0 Å². The van der Waals surface area contributed by atoms with E-state index in [4.69, 9.17) is 4.98 Å². The van der Waals surface area contributed by atoms with E-state index >= 15 is 0 Å². The standard InChI is InChI=1S/C37H22N4/c1-2-9-24(10-3-1)40-33-15-14-26-35(29-21-38-17-16-31(29)41-32-13-7-6-12-30(32)39-37(26)41)36(33)28-19-23-18-22-8-4-5-11-25(22)27(23)20-34(28)40/h1-17,19-21H,18H2. The molecule has 5 aromatic carbocycles. The van der Waals surface area contributed by atoms with Gasteiger partial charge < -0.3 is 4.57 Å². The summed E-state index contributed by atoms with van der Waals surface area (Å²) < 4.78 is 4.73. The molecule has 0 spiro atoms. The highest BCUT2D eigenvalue weighted by Gasteiger charge is 2.24. The highest BCUT2D eigenvalue weighted by Crippen LogP contribution is 2.45. The third kappa shape index (κ3) is 2.69. The van der Waals surface area contributed by atoms with Gasteiger partial charge in [0.1, 0.15) is 5.65 Å². The predicted octanol–water partition coefficient (Wildman–Crippen LogP) is 8.86. The summed E-state index contributed by atoms with van der Waals surface area (Å²) in [6.45, 7) is 0. The molecule has 10 rings (SSSR count). The molecule has 0 atom stereocenters. The van der Waals surface area contributed by atoms with Gasteiger partial charge in [-0.05, 0) is 83.3 Å². The molecule has 1 aliphatic carbocycles. The van der Waals surface area contributed by atoms with Crippen LogP contribution in [0, 0.1) is 0 Å². The molecule has 0 aliphatic heterocycles. The van der Waals surface area contributed by atoms with E-state index in [1.54, 1.807) is 0 Å². The first kappa shape index (κ1) is 21.4. The molecule has 0 amide bonds. The number of fused-ring (bicyclic) bond motifs is 15. The van der Waals surface area contributed by atoms with Gasteiger partial charge in [-0.2, -0.15) is 0 Å². The van der Waals surface area contributed by atoms with Crippen LogP contribution >= 0.6 is 0 Å². The zero-order chi connectivity index (χ0) is 26.7. The average Bonchev–Trinajstić information content (AvgIpc) is 3.69. The van der Waals surface area contributed by atoms with Crippen molar-refractivity contribution in [1.29, 1.82) is 0 Å². The monoisotopic (exact) mass is 522 g/mol. The zero-order valence-electron chi connectivity index (χ0n) is 22.0. The minimum atomic E-state index is 0.961. The van der Waals surface area contributed by atoms with Crippen molar-refractivity contribution in [3.63, 3.8) is 0 Å². The van der Waals surface area contributed by atoms with Gasteiger partial charge in [0.15, 0.2) is 0 Å². The topological polar surface area (TPSA) is 35.1 Å². The quantitative estimate of drug-likeness (QED) is 0.202. The molecule has 0 radical (unpaired) electrons. The maximum absolute atomic E-state index is 5.17. The van der Waals surface area contributed by atoms with Crippen LogP contribution in [0.5, 0.6) is 0 Å². The molecule has 41 heavy (non-hydrogen) atoms. The maximum atomic E-state index is 5.17. The molecular weight excluding hydrogens is 500 g/mol. The van der Waals surface area contributed by atoms with Crippen molar-refractivity contribution in [2.75, 3.05) is 0 Å². The molecule has 0 saturated carbocycles. The third-order valence-electron chi connectivity index (χ3n) is 8.97. The number of hydrogen-bond donors (Lipinski definition) is 0. The van der Waals surface area contributed by atoms with E-state index in [1.165, 1.54) is 49.4 Å². The Kier molecular flexibility index (Phi) is 3.95. The lowest BCUT2D eigenvalue weighted by Gasteiger charge is -2.11. The lowest BCUT2D eigenvalue weighted by molar-refractivity contribution is 1.18. The van der Waals surface area contributed by atoms with Gasteiger partial charge in [0.25, 0.3) is 0 Å². The van der Waals surface area contributed by atoms with Crippen molar-refractivity contribution in [3.05, 3.63) is 133 Å². The summed E-state index contributed by atoms with van der Waals surface area (Å²) in [5, 5.41) is 6.02. The van der Waals surface area contributed by atoms with E-state index in [9.17, 15) is 0 Å². The van der Waals surface area contributed by atoms with Crippen LogP contribution in [-0.4, -0.2) is 18.9 Å². The van der Waals surface area contributed by atoms with Gasteiger partial charge in [-0.25, -0.2) is 4.98 Å². The van der Waals surface area contributed by atoms with Crippen molar-refractivity contribution in [2.45, 2.75) is 6.42 Å². The first-order valence-electron chi connectivity index (χ1n) is 14.1. The smallest absolute Gasteiger partial charge is 0.146 e. The Morgan fingerprint density at radius 2 is 1.41 bits per heavy atom. The Hall–Kier alpha value is -5.48. The number of rotatable bonds is 1. The molecule has 1 aliphatic rings. The SMILES string of the molecule is c1ccc(-n2c3cc4c(cc3c3c5c6cnccc6n6c7ccccc7nc6c5ccc32)Cc2ccccc2-4)cc1. The van der Waals surface area contributed by atoms with Gasteiger partial charge in [0.05, 0.1) is 27.6 Å². The van der Waals surface area contributed by atoms with Crippen LogP contribution < -0.4 is 0 Å². The first-order chi connectivity index (χ1) is 20.3. The fourth-order valence-corrected chi connectivity index (χ4v) is 7.28. The van der Waals surface area contributed by atoms with E-state index in [2.05, 4.69) is 123 Å². The van der Waals surface area contributed by atoms with Crippen LogP contribution in [0.3, 0.4) is 0 Å². The van der Waals surface area contributed by atoms with Crippen LogP contribution in [0.1, 0.15) is 11.1 Å². The molecule has 9 aromatic rings. The lowest BCUT2D eigenvalue weighted by atomic mass is 9.98. The number of nitrogens with zero attached hydrogens (tertiary/aromatic N) is 4. The van der Waals surface area contributed by atoms with E-state index in [-0.39, 0.29) is 0 Å². The van der Waals surface area contributed by atoms with Gasteiger partial charge in [-0.1, -0.05) is 54.6 Å². The van der Waals surface area contributed by atoms with Crippen molar-refractivity contribution in [3.8, 4) is 16.8 Å². The third-order valence-corrected chi connectivity index (χ3v) is 8.97. The number of pyridine rings is 2. The Labute approximate surface area is 234 Å². The summed E-state index contributed by atoms with van der Waals surface area (Å²) in [6, 6.07) is 39.5. The van der Waals surface area contributed by atoms with Crippen LogP contribution in [0.25, 0.3) is 77.0 Å². The fourth-order valence-electron chi connectivity index (χ4n) is 7.28. The number of hydrogen-bond acceptors (Lipinski definition) is 2. The van der Waals surface area contributed by atoms with Gasteiger partial charge in [0.2, 0.25) is 0 Å². The minimum absolute atomic E-state index is 0.961. The van der Waals surface area contributed by atoms with Crippen LogP contribution in [0.15, 0.2) is 122 Å². The summed E-state index contributed by atoms with van der Waals surface area (Å²) in [7, 11) is 0. The normalized spacial score (nSPS) is 12.8.